The number of nitrogens with two attached hydrogens (primary N) is 1. The molecule has 4 N–H and O–H groups in total. The second kappa shape index (κ2) is 12.5. The minimum absolute atomic E-state index is 0.0247. The van der Waals surface area contributed by atoms with E-state index in [1.54, 1.807) is 17.9 Å². The van der Waals surface area contributed by atoms with Crippen LogP contribution in [0, 0.1) is 0 Å². The van der Waals surface area contributed by atoms with E-state index in [4.69, 9.17) is 38.8 Å². The van der Waals surface area contributed by atoms with Crippen molar-refractivity contribution < 1.29 is 24.2 Å². The Morgan fingerprint density at radius 3 is 2.48 bits per heavy atom. The van der Waals surface area contributed by atoms with Gasteiger partial charge in [0.1, 0.15) is 11.5 Å². The highest BCUT2D eigenvalue weighted by molar-refractivity contribution is 6.36. The van der Waals surface area contributed by atoms with E-state index in [0.29, 0.717) is 24.7 Å². The first-order valence-corrected chi connectivity index (χ1v) is 13.5. The molecule has 1 fully saturated rings. The van der Waals surface area contributed by atoms with Crippen LogP contribution >= 0.6 is 23.2 Å². The van der Waals surface area contributed by atoms with E-state index in [1.807, 2.05) is 24.3 Å². The topological polar surface area (TPSA) is 125 Å². The van der Waals surface area contributed by atoms with Crippen LogP contribution in [0.25, 0.3) is 0 Å². The normalized spacial score (nSPS) is 15.4. The van der Waals surface area contributed by atoms with Gasteiger partial charge in [-0.3, -0.25) is 14.4 Å². The van der Waals surface area contributed by atoms with Gasteiger partial charge in [-0.25, -0.2) is 0 Å². The summed E-state index contributed by atoms with van der Waals surface area (Å²) >= 11 is 12.8. The Bertz CT molecular complexity index is 1420. The molecule has 0 bridgehead atoms. The fourth-order valence-corrected chi connectivity index (χ4v) is 4.87. The third kappa shape index (κ3) is 6.60. The number of carbonyl (C=O) groups is 3. The van der Waals surface area contributed by atoms with Gasteiger partial charge in [0.05, 0.1) is 39.0 Å². The van der Waals surface area contributed by atoms with Gasteiger partial charge in [0.25, 0.3) is 11.8 Å². The molecule has 4 rings (SSSR count). The first kappa shape index (κ1) is 29.0. The van der Waals surface area contributed by atoms with Gasteiger partial charge < -0.3 is 30.7 Å². The number of para-hydroxylation sites is 2. The lowest BCUT2D eigenvalue weighted by molar-refractivity contribution is -0.136. The number of fused-ring (bicyclic) bond motifs is 1. The Labute approximate surface area is 242 Å². The number of rotatable bonds is 10. The zero-order valence-corrected chi connectivity index (χ0v) is 23.5. The number of ether oxygens (including phenoxy) is 1. The van der Waals surface area contributed by atoms with Crippen molar-refractivity contribution in [1.29, 1.82) is 0 Å². The summed E-state index contributed by atoms with van der Waals surface area (Å²) in [6.45, 7) is 6.75. The predicted molar refractivity (Wildman–Crippen MR) is 156 cm³/mol. The van der Waals surface area contributed by atoms with E-state index >= 15 is 0 Å². The lowest BCUT2D eigenvalue weighted by atomic mass is 10.1. The van der Waals surface area contributed by atoms with Crippen molar-refractivity contribution in [3.05, 3.63) is 87.8 Å². The molecule has 2 amide bonds. The molecule has 11 heteroatoms. The smallest absolute Gasteiger partial charge is 0.305 e. The van der Waals surface area contributed by atoms with Gasteiger partial charge in [-0.1, -0.05) is 47.5 Å². The minimum Gasteiger partial charge on any atom is -0.481 e. The SMILES string of the molecule is C=C(C)/C=C(Oc1cc(Cl)c(C(=O)NCCC(=O)O)cc1Cl)\C(=C/N)C(=O)N1CCN(C2CC2)c2ccccc21. The van der Waals surface area contributed by atoms with Crippen molar-refractivity contribution in [1.82, 2.24) is 5.32 Å². The van der Waals surface area contributed by atoms with Crippen LogP contribution in [0.5, 0.6) is 5.75 Å². The standard InChI is InChI=1S/C29H30Cl2N4O5/c1-17(2)13-25(40-26-15-21(30)19(14-22(26)31)28(38)33-10-9-27(36)37)20(16-32)29(39)35-12-11-34(18-7-8-18)23-5-3-4-6-24(23)35/h3-6,13-16,18H,1,7-12,32H2,2H3,(H,33,38)(H,36,37)/b20-16+,25-13+. The first-order chi connectivity index (χ1) is 19.1. The van der Waals surface area contributed by atoms with Crippen molar-refractivity contribution >= 4 is 52.4 Å². The van der Waals surface area contributed by atoms with Gasteiger partial charge >= 0.3 is 5.97 Å². The number of carboxylic acid groups (broad SMARTS) is 1. The number of carbonyl (C=O) groups excluding carboxylic acids is 2. The third-order valence-electron chi connectivity index (χ3n) is 6.43. The second-order valence-electron chi connectivity index (χ2n) is 9.57. The van der Waals surface area contributed by atoms with Gasteiger partial charge in [-0.05, 0) is 44.0 Å². The summed E-state index contributed by atoms with van der Waals surface area (Å²) in [7, 11) is 0. The van der Waals surface area contributed by atoms with E-state index < -0.39 is 11.9 Å². The number of halogens is 2. The van der Waals surface area contributed by atoms with Gasteiger partial charge in [0.15, 0.2) is 0 Å². The zero-order valence-electron chi connectivity index (χ0n) is 22.0. The molecule has 1 aliphatic heterocycles. The monoisotopic (exact) mass is 584 g/mol. The molecular weight excluding hydrogens is 555 g/mol. The fraction of sp³-hybridized carbons (Fsp3) is 0.276. The summed E-state index contributed by atoms with van der Waals surface area (Å²) in [6, 6.07) is 10.9. The van der Waals surface area contributed by atoms with Crippen LogP contribution in [0.2, 0.25) is 10.0 Å². The van der Waals surface area contributed by atoms with E-state index in [0.717, 1.165) is 24.2 Å². The Morgan fingerprint density at radius 1 is 1.15 bits per heavy atom. The molecule has 0 atom stereocenters. The van der Waals surface area contributed by atoms with Crippen LogP contribution in [0.15, 0.2) is 72.2 Å². The molecule has 1 saturated carbocycles. The highest BCUT2D eigenvalue weighted by Gasteiger charge is 2.36. The molecule has 0 unspecified atom stereocenters. The summed E-state index contributed by atoms with van der Waals surface area (Å²) in [5, 5.41) is 11.3. The Hall–Kier alpha value is -3.95. The number of allylic oxidation sites excluding steroid dienone is 2. The van der Waals surface area contributed by atoms with Gasteiger partial charge in [0, 0.05) is 37.9 Å². The molecule has 1 aliphatic carbocycles. The predicted octanol–water partition coefficient (Wildman–Crippen LogP) is 4.89. The first-order valence-electron chi connectivity index (χ1n) is 12.7. The molecule has 210 valence electrons. The molecule has 2 aromatic carbocycles. The van der Waals surface area contributed by atoms with Crippen LogP contribution in [-0.2, 0) is 9.59 Å². The third-order valence-corrected chi connectivity index (χ3v) is 7.04. The molecule has 0 radical (unpaired) electrons. The van der Waals surface area contributed by atoms with Crippen molar-refractivity contribution in [2.45, 2.75) is 32.2 Å². The average Bonchev–Trinajstić information content (AvgIpc) is 3.75. The number of nitrogens with zero attached hydrogens (tertiary/aromatic N) is 2. The lowest BCUT2D eigenvalue weighted by Gasteiger charge is -2.38. The quantitative estimate of drug-likeness (QED) is 0.206. The van der Waals surface area contributed by atoms with Crippen LogP contribution in [-0.4, -0.2) is 48.6 Å². The molecule has 1 heterocycles. The fourth-order valence-electron chi connectivity index (χ4n) is 4.43. The van der Waals surface area contributed by atoms with Crippen molar-refractivity contribution in [3.63, 3.8) is 0 Å². The van der Waals surface area contributed by atoms with E-state index in [1.165, 1.54) is 18.3 Å². The van der Waals surface area contributed by atoms with Crippen molar-refractivity contribution in [3.8, 4) is 5.75 Å². The second-order valence-corrected chi connectivity index (χ2v) is 10.4. The largest absolute Gasteiger partial charge is 0.481 e. The molecule has 9 nitrogen and oxygen atoms in total. The van der Waals surface area contributed by atoms with Crippen LogP contribution in [0.4, 0.5) is 11.4 Å². The summed E-state index contributed by atoms with van der Waals surface area (Å²) in [6.07, 6.45) is 4.80. The van der Waals surface area contributed by atoms with Gasteiger partial charge in [-0.15, -0.1) is 0 Å². The number of nitrogens with one attached hydrogen (secondary N) is 1. The molecule has 0 spiro atoms. The Kier molecular flexibility index (Phi) is 9.07. The number of aliphatic carboxylic acids is 1. The van der Waals surface area contributed by atoms with Crippen LogP contribution in [0.1, 0.15) is 36.5 Å². The van der Waals surface area contributed by atoms with Crippen LogP contribution in [0.3, 0.4) is 0 Å². The summed E-state index contributed by atoms with van der Waals surface area (Å²) in [4.78, 5) is 41.1. The van der Waals surface area contributed by atoms with E-state index in [2.05, 4.69) is 16.8 Å². The number of anilines is 2. The minimum atomic E-state index is -1.04. The Balaban J connectivity index is 1.60. The number of hydrogen-bond acceptors (Lipinski definition) is 6. The van der Waals surface area contributed by atoms with Crippen molar-refractivity contribution in [2.24, 2.45) is 5.73 Å². The average molecular weight is 585 g/mol. The highest BCUT2D eigenvalue weighted by Crippen LogP contribution is 2.41. The summed E-state index contributed by atoms with van der Waals surface area (Å²) in [5.74, 6) is -1.78. The number of benzene rings is 2. The lowest BCUT2D eigenvalue weighted by Crippen LogP contribution is -2.45. The summed E-state index contributed by atoms with van der Waals surface area (Å²) in [5.41, 5.74) is 8.52. The molecule has 40 heavy (non-hydrogen) atoms. The maximum absolute atomic E-state index is 13.9. The molecule has 0 aromatic heterocycles. The van der Waals surface area contributed by atoms with E-state index in [9.17, 15) is 14.4 Å². The number of hydrogen-bond donors (Lipinski definition) is 3. The summed E-state index contributed by atoms with van der Waals surface area (Å²) < 4.78 is 6.07. The zero-order chi connectivity index (χ0) is 29.0. The van der Waals surface area contributed by atoms with E-state index in [-0.39, 0.29) is 51.6 Å². The van der Waals surface area contributed by atoms with Gasteiger partial charge in [-0.2, -0.15) is 0 Å². The Morgan fingerprint density at radius 2 is 1.85 bits per heavy atom. The molecule has 2 aromatic rings. The van der Waals surface area contributed by atoms with Gasteiger partial charge in [0.2, 0.25) is 0 Å². The number of carboxylic acids is 1. The number of amides is 2. The van der Waals surface area contributed by atoms with Crippen molar-refractivity contribution in [2.75, 3.05) is 29.4 Å². The van der Waals surface area contributed by atoms with Crippen LogP contribution < -0.4 is 25.6 Å². The molecule has 2 aliphatic rings. The maximum atomic E-state index is 13.9. The molecule has 0 saturated heterocycles. The highest BCUT2D eigenvalue weighted by atomic mass is 35.5. The molecular formula is C29H30Cl2N4O5. The maximum Gasteiger partial charge on any atom is 0.305 e.